The Balaban J connectivity index is 3.22. The van der Waals surface area contributed by atoms with Crippen molar-refractivity contribution < 1.29 is 27.4 Å². The molecule has 0 fully saturated rings. The Hall–Kier alpha value is -1.43. The van der Waals surface area contributed by atoms with Crippen LogP contribution in [0.1, 0.15) is 17.3 Å². The van der Waals surface area contributed by atoms with Crippen molar-refractivity contribution in [3.63, 3.8) is 0 Å². The van der Waals surface area contributed by atoms with Gasteiger partial charge in [-0.2, -0.15) is 0 Å². The van der Waals surface area contributed by atoms with Crippen LogP contribution in [-0.4, -0.2) is 24.6 Å². The summed E-state index contributed by atoms with van der Waals surface area (Å²) in [5.74, 6) is -1.40. The molecule has 3 nitrogen and oxygen atoms in total. The number of carbonyl (C=O) groups excluding carboxylic acids is 1. The lowest BCUT2D eigenvalue weighted by molar-refractivity contribution is -0.275. The van der Waals surface area contributed by atoms with Gasteiger partial charge in [0.15, 0.2) is 17.3 Å². The van der Waals surface area contributed by atoms with E-state index in [1.807, 2.05) is 0 Å². The van der Waals surface area contributed by atoms with Crippen molar-refractivity contribution in [2.75, 3.05) is 7.11 Å². The number of alkyl halides is 4. The summed E-state index contributed by atoms with van der Waals surface area (Å²) >= 11 is 5.61. The maximum Gasteiger partial charge on any atom is 0.573 e. The van der Waals surface area contributed by atoms with Crippen molar-refractivity contribution in [3.8, 4) is 11.5 Å². The summed E-state index contributed by atoms with van der Waals surface area (Å²) in [5.41, 5.74) is -0.0539. The van der Waals surface area contributed by atoms with E-state index in [0.29, 0.717) is 0 Å². The van der Waals surface area contributed by atoms with Crippen molar-refractivity contribution in [2.45, 2.75) is 18.7 Å². The molecular weight excluding hydrogens is 273 g/mol. The molecule has 1 unspecified atom stereocenters. The quantitative estimate of drug-likeness (QED) is 0.627. The van der Waals surface area contributed by atoms with Gasteiger partial charge in [-0.25, -0.2) is 0 Å². The lowest BCUT2D eigenvalue weighted by Crippen LogP contribution is -2.19. The highest BCUT2D eigenvalue weighted by atomic mass is 35.5. The van der Waals surface area contributed by atoms with E-state index in [1.165, 1.54) is 19.1 Å². The molecule has 0 aliphatic heterocycles. The van der Waals surface area contributed by atoms with E-state index in [9.17, 15) is 18.0 Å². The number of para-hydroxylation sites is 1. The lowest BCUT2D eigenvalue weighted by Gasteiger charge is -2.15. The first-order valence-electron chi connectivity index (χ1n) is 4.87. The van der Waals surface area contributed by atoms with Gasteiger partial charge < -0.3 is 9.47 Å². The molecule has 7 heteroatoms. The molecule has 0 spiro atoms. The van der Waals surface area contributed by atoms with Crippen LogP contribution < -0.4 is 9.47 Å². The van der Waals surface area contributed by atoms with Crippen LogP contribution >= 0.6 is 11.6 Å². The molecule has 18 heavy (non-hydrogen) atoms. The Morgan fingerprint density at radius 2 is 2.00 bits per heavy atom. The molecule has 0 aromatic heterocycles. The fraction of sp³-hybridized carbons (Fsp3) is 0.364. The summed E-state index contributed by atoms with van der Waals surface area (Å²) < 4.78 is 45.0. The summed E-state index contributed by atoms with van der Waals surface area (Å²) in [7, 11) is 1.15. The van der Waals surface area contributed by atoms with E-state index in [2.05, 4.69) is 4.74 Å². The van der Waals surface area contributed by atoms with Gasteiger partial charge in [0.1, 0.15) is 0 Å². The Labute approximate surface area is 106 Å². The van der Waals surface area contributed by atoms with Gasteiger partial charge in [0.25, 0.3) is 0 Å². The molecular formula is C11H10ClF3O3. The first kappa shape index (κ1) is 14.6. The average molecular weight is 283 g/mol. The average Bonchev–Trinajstić information content (AvgIpc) is 2.25. The Morgan fingerprint density at radius 3 is 2.44 bits per heavy atom. The van der Waals surface area contributed by atoms with Gasteiger partial charge in [0.2, 0.25) is 0 Å². The molecule has 0 amide bonds. The zero-order valence-electron chi connectivity index (χ0n) is 9.55. The van der Waals surface area contributed by atoms with Gasteiger partial charge in [-0.1, -0.05) is 6.07 Å². The van der Waals surface area contributed by atoms with Crippen LogP contribution in [-0.2, 0) is 0 Å². The second-order valence-electron chi connectivity index (χ2n) is 3.37. The number of hydrogen-bond donors (Lipinski definition) is 0. The molecule has 0 radical (unpaired) electrons. The molecule has 1 rings (SSSR count). The molecule has 100 valence electrons. The predicted molar refractivity (Wildman–Crippen MR) is 59.3 cm³/mol. The van der Waals surface area contributed by atoms with Crippen LogP contribution in [0.15, 0.2) is 18.2 Å². The highest BCUT2D eigenvalue weighted by molar-refractivity contribution is 6.34. The van der Waals surface area contributed by atoms with E-state index in [1.54, 1.807) is 0 Å². The third kappa shape index (κ3) is 3.53. The fourth-order valence-electron chi connectivity index (χ4n) is 1.34. The third-order valence-electron chi connectivity index (χ3n) is 2.04. The Bertz CT molecular complexity index is 444. The van der Waals surface area contributed by atoms with Crippen LogP contribution in [0.3, 0.4) is 0 Å². The minimum absolute atomic E-state index is 0.0539. The molecule has 1 atom stereocenters. The number of halogens is 4. The lowest BCUT2D eigenvalue weighted by atomic mass is 10.1. The standard InChI is InChI=1S/C11H10ClF3O3/c1-6(12)9(16)7-4-3-5-8(10(7)17-2)18-11(13,14)15/h3-6H,1-2H3. The number of carbonyl (C=O) groups is 1. The summed E-state index contributed by atoms with van der Waals surface area (Å²) in [6, 6.07) is 3.64. The van der Waals surface area contributed by atoms with Crippen LogP contribution in [0.2, 0.25) is 0 Å². The monoisotopic (exact) mass is 282 g/mol. The van der Waals surface area contributed by atoms with E-state index in [0.717, 1.165) is 13.2 Å². The largest absolute Gasteiger partial charge is 0.573 e. The number of Topliss-reactive ketones (excluding diaryl/α,β-unsaturated/α-hetero) is 1. The molecule has 0 saturated carbocycles. The summed E-state index contributed by atoms with van der Waals surface area (Å²) in [6.07, 6.45) is -4.86. The molecule has 0 bridgehead atoms. The molecule has 0 aliphatic carbocycles. The summed E-state index contributed by atoms with van der Waals surface area (Å²) in [5, 5.41) is -0.875. The van der Waals surface area contributed by atoms with E-state index < -0.39 is 23.3 Å². The number of methoxy groups -OCH3 is 1. The minimum Gasteiger partial charge on any atom is -0.492 e. The first-order valence-corrected chi connectivity index (χ1v) is 5.31. The van der Waals surface area contributed by atoms with Crippen LogP contribution in [0.5, 0.6) is 11.5 Å². The third-order valence-corrected chi connectivity index (χ3v) is 2.23. The maximum atomic E-state index is 12.2. The van der Waals surface area contributed by atoms with Gasteiger partial charge in [-0.05, 0) is 19.1 Å². The highest BCUT2D eigenvalue weighted by Crippen LogP contribution is 2.35. The molecule has 0 aliphatic rings. The van der Waals surface area contributed by atoms with Crippen molar-refractivity contribution >= 4 is 17.4 Å². The van der Waals surface area contributed by atoms with Crippen molar-refractivity contribution in [1.29, 1.82) is 0 Å². The van der Waals surface area contributed by atoms with Crippen LogP contribution in [0.25, 0.3) is 0 Å². The van der Waals surface area contributed by atoms with Crippen molar-refractivity contribution in [3.05, 3.63) is 23.8 Å². The topological polar surface area (TPSA) is 35.5 Å². The molecule has 1 aromatic rings. The SMILES string of the molecule is COc1c(OC(F)(F)F)cccc1C(=O)C(C)Cl. The number of ether oxygens (including phenoxy) is 2. The fourth-order valence-corrected chi connectivity index (χ4v) is 1.46. The Morgan fingerprint density at radius 1 is 1.39 bits per heavy atom. The zero-order chi connectivity index (χ0) is 13.9. The normalized spacial score (nSPS) is 13.0. The predicted octanol–water partition coefficient (Wildman–Crippen LogP) is 3.40. The van der Waals surface area contributed by atoms with Crippen molar-refractivity contribution in [2.24, 2.45) is 0 Å². The number of ketones is 1. The summed E-state index contributed by atoms with van der Waals surface area (Å²) in [6.45, 7) is 1.42. The summed E-state index contributed by atoms with van der Waals surface area (Å²) in [4.78, 5) is 11.7. The van der Waals surface area contributed by atoms with E-state index in [-0.39, 0.29) is 11.3 Å². The van der Waals surface area contributed by atoms with Gasteiger partial charge in [0, 0.05) is 0 Å². The van der Waals surface area contributed by atoms with Gasteiger partial charge in [-0.3, -0.25) is 4.79 Å². The number of benzene rings is 1. The molecule has 0 saturated heterocycles. The van der Waals surface area contributed by atoms with Crippen LogP contribution in [0.4, 0.5) is 13.2 Å². The highest BCUT2D eigenvalue weighted by Gasteiger charge is 2.33. The molecule has 1 aromatic carbocycles. The second kappa shape index (κ2) is 5.48. The number of hydrogen-bond acceptors (Lipinski definition) is 3. The van der Waals surface area contributed by atoms with Crippen LogP contribution in [0, 0.1) is 0 Å². The molecule has 0 heterocycles. The van der Waals surface area contributed by atoms with Gasteiger partial charge >= 0.3 is 6.36 Å². The van der Waals surface area contributed by atoms with E-state index >= 15 is 0 Å². The second-order valence-corrected chi connectivity index (χ2v) is 4.02. The van der Waals surface area contributed by atoms with Gasteiger partial charge in [-0.15, -0.1) is 24.8 Å². The first-order chi connectivity index (χ1) is 8.26. The van der Waals surface area contributed by atoms with E-state index in [4.69, 9.17) is 16.3 Å². The zero-order valence-corrected chi connectivity index (χ0v) is 10.3. The van der Waals surface area contributed by atoms with Gasteiger partial charge in [0.05, 0.1) is 18.1 Å². The van der Waals surface area contributed by atoms with Crippen molar-refractivity contribution in [1.82, 2.24) is 0 Å². The number of rotatable bonds is 4. The molecule has 0 N–H and O–H groups in total. The minimum atomic E-state index is -4.86. The smallest absolute Gasteiger partial charge is 0.492 e. The maximum absolute atomic E-state index is 12.2. The Kier molecular flexibility index (Phi) is 4.45.